The Labute approximate surface area is 135 Å². The van der Waals surface area contributed by atoms with E-state index in [1.807, 2.05) is 19.1 Å². The van der Waals surface area contributed by atoms with E-state index in [1.54, 1.807) is 6.08 Å². The summed E-state index contributed by atoms with van der Waals surface area (Å²) in [7, 11) is 0. The lowest BCUT2D eigenvalue weighted by Gasteiger charge is -2.15. The molecule has 0 aromatic heterocycles. The van der Waals surface area contributed by atoms with E-state index in [0.29, 0.717) is 30.3 Å². The monoisotopic (exact) mass is 302 g/mol. The highest BCUT2D eigenvalue weighted by Gasteiger charge is 2.30. The van der Waals surface area contributed by atoms with Gasteiger partial charge in [-0.25, -0.2) is 0 Å². The third-order valence-corrected chi connectivity index (χ3v) is 4.92. The molecule has 22 heavy (non-hydrogen) atoms. The fraction of sp³-hybridized carbons (Fsp3) is 0.600. The van der Waals surface area contributed by atoms with Crippen molar-refractivity contribution in [3.63, 3.8) is 0 Å². The lowest BCUT2D eigenvalue weighted by molar-refractivity contribution is -0.120. The zero-order valence-corrected chi connectivity index (χ0v) is 14.6. The normalized spacial score (nSPS) is 28.5. The van der Waals surface area contributed by atoms with Crippen LogP contribution in [0.25, 0.3) is 0 Å². The summed E-state index contributed by atoms with van der Waals surface area (Å²) in [5.74, 6) is 1.43. The highest BCUT2D eigenvalue weighted by atomic mass is 16.1. The number of Topliss-reactive ketones (excluding diaryl/α,β-unsaturated/α-hetero) is 2. The predicted octanol–water partition coefficient (Wildman–Crippen LogP) is 4.91. The fourth-order valence-corrected chi connectivity index (χ4v) is 2.81. The highest BCUT2D eigenvalue weighted by Crippen LogP contribution is 2.28. The van der Waals surface area contributed by atoms with Gasteiger partial charge in [0, 0.05) is 12.8 Å². The van der Waals surface area contributed by atoms with Gasteiger partial charge < -0.3 is 0 Å². The van der Waals surface area contributed by atoms with Crippen molar-refractivity contribution in [3.8, 4) is 0 Å². The first-order valence-electron chi connectivity index (χ1n) is 8.48. The topological polar surface area (TPSA) is 34.1 Å². The molecule has 1 saturated carbocycles. The van der Waals surface area contributed by atoms with Crippen LogP contribution in [-0.2, 0) is 9.59 Å². The first-order chi connectivity index (χ1) is 10.4. The summed E-state index contributed by atoms with van der Waals surface area (Å²) in [6.07, 6.45) is 11.8. The molecule has 1 aliphatic carbocycles. The average Bonchev–Trinajstić information content (AvgIpc) is 2.57. The zero-order chi connectivity index (χ0) is 16.7. The van der Waals surface area contributed by atoms with Crippen LogP contribution in [0.15, 0.2) is 36.0 Å². The Morgan fingerprint density at radius 3 is 2.41 bits per heavy atom. The van der Waals surface area contributed by atoms with E-state index >= 15 is 0 Å². The molecule has 0 saturated heterocycles. The van der Waals surface area contributed by atoms with Crippen LogP contribution in [0.5, 0.6) is 0 Å². The van der Waals surface area contributed by atoms with Crippen LogP contribution in [0.1, 0.15) is 53.9 Å². The second-order valence-corrected chi connectivity index (χ2v) is 6.63. The number of allylic oxidation sites excluding steroid dienone is 6. The van der Waals surface area contributed by atoms with Crippen LogP contribution < -0.4 is 0 Å². The molecule has 4 unspecified atom stereocenters. The largest absolute Gasteiger partial charge is 0.294 e. The van der Waals surface area contributed by atoms with Crippen LogP contribution >= 0.6 is 0 Å². The molecule has 0 aliphatic heterocycles. The molecule has 0 amide bonds. The number of rotatable bonds is 5. The van der Waals surface area contributed by atoms with Gasteiger partial charge in [-0.05, 0) is 36.7 Å². The minimum atomic E-state index is -0.0155. The molecular formula is C20H30O2. The van der Waals surface area contributed by atoms with Gasteiger partial charge in [0.2, 0.25) is 0 Å². The molecule has 0 bridgehead atoms. The average molecular weight is 302 g/mol. The zero-order valence-electron chi connectivity index (χ0n) is 14.6. The molecule has 1 fully saturated rings. The van der Waals surface area contributed by atoms with Gasteiger partial charge in [0.15, 0.2) is 11.6 Å². The lowest BCUT2D eigenvalue weighted by Crippen LogP contribution is -2.10. The van der Waals surface area contributed by atoms with Gasteiger partial charge in [0.05, 0.1) is 5.57 Å². The molecule has 0 spiro atoms. The smallest absolute Gasteiger partial charge is 0.167 e. The fourth-order valence-electron chi connectivity index (χ4n) is 2.81. The first-order valence-corrected chi connectivity index (χ1v) is 8.48. The van der Waals surface area contributed by atoms with E-state index in [-0.39, 0.29) is 23.4 Å². The molecule has 2 nitrogen and oxygen atoms in total. The predicted molar refractivity (Wildman–Crippen MR) is 92.6 cm³/mol. The standard InChI is InChI=1S/C20H30O2/c1-6-9-17-13-20(22)18(19(21)12-16(17)5)11-8-10-15(4)14(3)7-2/h6,8-11,14-17H,7,12-13H2,1-5H3. The summed E-state index contributed by atoms with van der Waals surface area (Å²) in [4.78, 5) is 24.7. The van der Waals surface area contributed by atoms with Crippen molar-refractivity contribution >= 4 is 11.6 Å². The quantitative estimate of drug-likeness (QED) is 0.313. The number of hydrogen-bond acceptors (Lipinski definition) is 2. The van der Waals surface area contributed by atoms with Crippen molar-refractivity contribution in [2.24, 2.45) is 23.7 Å². The molecule has 122 valence electrons. The van der Waals surface area contributed by atoms with E-state index in [1.165, 1.54) is 0 Å². The van der Waals surface area contributed by atoms with Crippen molar-refractivity contribution in [2.75, 3.05) is 0 Å². The van der Waals surface area contributed by atoms with E-state index in [0.717, 1.165) is 6.42 Å². The Morgan fingerprint density at radius 2 is 1.82 bits per heavy atom. The molecule has 1 rings (SSSR count). The van der Waals surface area contributed by atoms with Crippen molar-refractivity contribution in [2.45, 2.75) is 53.9 Å². The van der Waals surface area contributed by atoms with Gasteiger partial charge in [-0.2, -0.15) is 0 Å². The maximum atomic E-state index is 12.4. The van der Waals surface area contributed by atoms with Crippen LogP contribution in [0.4, 0.5) is 0 Å². The van der Waals surface area contributed by atoms with Crippen LogP contribution in [0.2, 0.25) is 0 Å². The first kappa shape index (κ1) is 18.6. The Morgan fingerprint density at radius 1 is 1.18 bits per heavy atom. The van der Waals surface area contributed by atoms with E-state index in [9.17, 15) is 9.59 Å². The Hall–Kier alpha value is -1.44. The van der Waals surface area contributed by atoms with Crippen LogP contribution in [0, 0.1) is 23.7 Å². The third kappa shape index (κ3) is 5.08. The minimum absolute atomic E-state index is 0.00894. The van der Waals surface area contributed by atoms with Gasteiger partial charge in [0.25, 0.3) is 0 Å². The number of carbonyl (C=O) groups excluding carboxylic acids is 2. The summed E-state index contributed by atoms with van der Waals surface area (Å²) >= 11 is 0. The second-order valence-electron chi connectivity index (χ2n) is 6.63. The maximum Gasteiger partial charge on any atom is 0.167 e. The molecule has 0 radical (unpaired) electrons. The molecule has 2 heteroatoms. The molecule has 0 aromatic rings. The van der Waals surface area contributed by atoms with Crippen molar-refractivity contribution in [1.82, 2.24) is 0 Å². The molecular weight excluding hydrogens is 272 g/mol. The van der Waals surface area contributed by atoms with Crippen molar-refractivity contribution < 1.29 is 9.59 Å². The SMILES string of the molecule is CC=CC1CC(=O)C(=CC=CC(C)C(C)CC)C(=O)CC1C. The van der Waals surface area contributed by atoms with Crippen molar-refractivity contribution in [3.05, 3.63) is 36.0 Å². The Balaban J connectivity index is 2.89. The minimum Gasteiger partial charge on any atom is -0.294 e. The Kier molecular flexibility index (Phi) is 7.50. The summed E-state index contributed by atoms with van der Waals surface area (Å²) in [6.45, 7) is 10.6. The molecule has 0 N–H and O–H groups in total. The van der Waals surface area contributed by atoms with Crippen molar-refractivity contribution in [1.29, 1.82) is 0 Å². The summed E-state index contributed by atoms with van der Waals surface area (Å²) in [6, 6.07) is 0. The maximum absolute atomic E-state index is 12.4. The van der Waals surface area contributed by atoms with Gasteiger partial charge >= 0.3 is 0 Å². The Bertz CT molecular complexity index is 482. The van der Waals surface area contributed by atoms with Crippen LogP contribution in [0.3, 0.4) is 0 Å². The van der Waals surface area contributed by atoms with Gasteiger partial charge in [-0.1, -0.05) is 58.4 Å². The van der Waals surface area contributed by atoms with Gasteiger partial charge in [-0.3, -0.25) is 9.59 Å². The molecule has 4 atom stereocenters. The van der Waals surface area contributed by atoms with E-state index in [4.69, 9.17) is 0 Å². The number of carbonyl (C=O) groups is 2. The molecule has 1 aliphatic rings. The second kappa shape index (κ2) is 8.87. The molecule has 0 aromatic carbocycles. The third-order valence-electron chi connectivity index (χ3n) is 4.92. The van der Waals surface area contributed by atoms with Crippen LogP contribution in [-0.4, -0.2) is 11.6 Å². The highest BCUT2D eigenvalue weighted by molar-refractivity contribution is 6.21. The number of hydrogen-bond donors (Lipinski definition) is 0. The van der Waals surface area contributed by atoms with Gasteiger partial charge in [0.1, 0.15) is 0 Å². The summed E-state index contributed by atoms with van der Waals surface area (Å²) in [5.41, 5.74) is 0.381. The summed E-state index contributed by atoms with van der Waals surface area (Å²) < 4.78 is 0. The van der Waals surface area contributed by atoms with E-state index in [2.05, 4.69) is 39.8 Å². The number of ketones is 2. The van der Waals surface area contributed by atoms with Gasteiger partial charge in [-0.15, -0.1) is 0 Å². The lowest BCUT2D eigenvalue weighted by atomic mass is 9.89. The summed E-state index contributed by atoms with van der Waals surface area (Å²) in [5, 5.41) is 0. The van der Waals surface area contributed by atoms with E-state index < -0.39 is 0 Å². The molecule has 0 heterocycles.